The van der Waals surface area contributed by atoms with Crippen molar-refractivity contribution in [3.05, 3.63) is 94.2 Å². The van der Waals surface area contributed by atoms with E-state index in [1.807, 2.05) is 42.5 Å². The highest BCUT2D eigenvalue weighted by Gasteiger charge is 2.24. The number of H-pyrrole nitrogens is 1. The van der Waals surface area contributed by atoms with Gasteiger partial charge < -0.3 is 25.8 Å². The Hall–Kier alpha value is -5.03. The molecule has 10 nitrogen and oxygen atoms in total. The molecule has 0 aliphatic carbocycles. The average Bonchev–Trinajstić information content (AvgIpc) is 3.64. The second kappa shape index (κ2) is 10.6. The van der Waals surface area contributed by atoms with Gasteiger partial charge in [-0.3, -0.25) is 14.4 Å². The zero-order chi connectivity index (χ0) is 27.6. The topological polar surface area (TPSA) is 137 Å². The van der Waals surface area contributed by atoms with Crippen molar-refractivity contribution >= 4 is 51.6 Å². The Bertz CT molecular complexity index is 1690. The summed E-state index contributed by atoms with van der Waals surface area (Å²) in [6, 6.07) is 21.9. The molecule has 1 saturated heterocycles. The fourth-order valence-electron chi connectivity index (χ4n) is 4.68. The smallest absolute Gasteiger partial charge is 0.260 e. The maximum Gasteiger partial charge on any atom is 0.260 e. The number of anilines is 2. The molecule has 3 aromatic heterocycles. The van der Waals surface area contributed by atoms with Crippen LogP contribution in [-0.4, -0.2) is 63.8 Å². The molecule has 6 rings (SSSR count). The average molecular weight is 552 g/mol. The van der Waals surface area contributed by atoms with Crippen LogP contribution in [0.5, 0.6) is 0 Å². The highest BCUT2D eigenvalue weighted by Crippen LogP contribution is 2.24. The Labute approximate surface area is 233 Å². The SMILES string of the molecule is NC(=O)c1sccc1NC(=O)c1ccc(C(=O)N2CCN(c3cccc(-c4nc5ccccc5[nH]4)n3)CC2)cc1. The molecule has 1 aliphatic rings. The Morgan fingerprint density at radius 2 is 1.60 bits per heavy atom. The summed E-state index contributed by atoms with van der Waals surface area (Å²) < 4.78 is 0. The number of piperazine rings is 1. The number of carbonyl (C=O) groups excluding carboxylic acids is 3. The van der Waals surface area contributed by atoms with E-state index in [-0.39, 0.29) is 16.7 Å². The van der Waals surface area contributed by atoms with Crippen molar-refractivity contribution in [1.82, 2.24) is 19.9 Å². The minimum Gasteiger partial charge on any atom is -0.365 e. The summed E-state index contributed by atoms with van der Waals surface area (Å²) in [4.78, 5) is 54.3. The number of imidazole rings is 1. The van der Waals surface area contributed by atoms with Crippen LogP contribution in [0, 0.1) is 0 Å². The molecule has 11 heteroatoms. The van der Waals surface area contributed by atoms with Gasteiger partial charge in [-0.25, -0.2) is 9.97 Å². The van der Waals surface area contributed by atoms with Crippen LogP contribution < -0.4 is 16.0 Å². The number of pyridine rings is 1. The number of aromatic nitrogens is 3. The summed E-state index contributed by atoms with van der Waals surface area (Å²) in [6.45, 7) is 2.38. The summed E-state index contributed by atoms with van der Waals surface area (Å²) in [7, 11) is 0. The first-order chi connectivity index (χ1) is 19.5. The Kier molecular flexibility index (Phi) is 6.71. The molecule has 1 aliphatic heterocycles. The number of primary amides is 1. The Balaban J connectivity index is 1.08. The van der Waals surface area contributed by atoms with Gasteiger partial charge in [0.1, 0.15) is 16.4 Å². The number of hydrogen-bond donors (Lipinski definition) is 3. The van der Waals surface area contributed by atoms with Gasteiger partial charge in [0.15, 0.2) is 5.82 Å². The van der Waals surface area contributed by atoms with E-state index in [2.05, 4.69) is 20.2 Å². The molecule has 0 atom stereocenters. The second-order valence-electron chi connectivity index (χ2n) is 9.32. The van der Waals surface area contributed by atoms with Crippen LogP contribution in [0.3, 0.4) is 0 Å². The van der Waals surface area contributed by atoms with E-state index in [0.29, 0.717) is 43.0 Å². The van der Waals surface area contributed by atoms with Crippen molar-refractivity contribution in [3.63, 3.8) is 0 Å². The fourth-order valence-corrected chi connectivity index (χ4v) is 5.39. The molecule has 0 saturated carbocycles. The van der Waals surface area contributed by atoms with Gasteiger partial charge in [-0.15, -0.1) is 11.3 Å². The van der Waals surface area contributed by atoms with E-state index in [4.69, 9.17) is 10.7 Å². The van der Waals surface area contributed by atoms with E-state index in [1.54, 1.807) is 40.6 Å². The van der Waals surface area contributed by atoms with Crippen molar-refractivity contribution in [2.75, 3.05) is 36.4 Å². The van der Waals surface area contributed by atoms with E-state index < -0.39 is 5.91 Å². The summed E-state index contributed by atoms with van der Waals surface area (Å²) in [6.07, 6.45) is 0. The molecule has 0 unspecified atom stereocenters. The number of nitrogens with zero attached hydrogens (tertiary/aromatic N) is 4. The van der Waals surface area contributed by atoms with Crippen LogP contribution in [-0.2, 0) is 0 Å². The number of carbonyl (C=O) groups is 3. The lowest BCUT2D eigenvalue weighted by atomic mass is 10.1. The number of para-hydroxylation sites is 2. The van der Waals surface area contributed by atoms with Crippen LogP contribution in [0.4, 0.5) is 11.5 Å². The molecule has 4 heterocycles. The Morgan fingerprint density at radius 1 is 0.850 bits per heavy atom. The van der Waals surface area contributed by atoms with Gasteiger partial charge in [0.05, 0.1) is 16.7 Å². The number of thiophene rings is 1. The molecule has 2 aromatic carbocycles. The van der Waals surface area contributed by atoms with Gasteiger partial charge in [-0.05, 0) is 60.0 Å². The van der Waals surface area contributed by atoms with E-state index in [1.165, 1.54) is 0 Å². The van der Waals surface area contributed by atoms with E-state index in [0.717, 1.165) is 39.7 Å². The Morgan fingerprint density at radius 3 is 2.35 bits per heavy atom. The minimum absolute atomic E-state index is 0.0931. The fraction of sp³-hybridized carbons (Fsp3) is 0.138. The standard InChI is InChI=1S/C29H25N7O3S/c30-26(37)25-22(12-17-40-25)34-28(38)18-8-10-19(11-9-18)29(39)36-15-13-35(14-16-36)24-7-3-6-23(31-24)27-32-20-4-1-2-5-21(20)33-27/h1-12,17H,13-16H2,(H2,30,37)(H,32,33)(H,34,38). The first kappa shape index (κ1) is 25.3. The summed E-state index contributed by atoms with van der Waals surface area (Å²) in [5.41, 5.74) is 9.22. The number of amides is 3. The number of nitrogens with two attached hydrogens (primary N) is 1. The molecule has 1 fully saturated rings. The zero-order valence-electron chi connectivity index (χ0n) is 21.3. The van der Waals surface area contributed by atoms with Crippen LogP contribution in [0.1, 0.15) is 30.4 Å². The molecule has 3 amide bonds. The highest BCUT2D eigenvalue weighted by atomic mass is 32.1. The van der Waals surface area contributed by atoms with E-state index in [9.17, 15) is 14.4 Å². The van der Waals surface area contributed by atoms with Gasteiger partial charge in [-0.1, -0.05) is 18.2 Å². The van der Waals surface area contributed by atoms with Crippen LogP contribution >= 0.6 is 11.3 Å². The predicted octanol–water partition coefficient (Wildman–Crippen LogP) is 4.00. The third-order valence-corrected chi connectivity index (χ3v) is 7.72. The maximum absolute atomic E-state index is 13.2. The quantitative estimate of drug-likeness (QED) is 0.292. The van der Waals surface area contributed by atoms with Gasteiger partial charge in [0.2, 0.25) is 0 Å². The third kappa shape index (κ3) is 5.02. The number of rotatable bonds is 6. The zero-order valence-corrected chi connectivity index (χ0v) is 22.1. The third-order valence-electron chi connectivity index (χ3n) is 6.79. The second-order valence-corrected chi connectivity index (χ2v) is 10.2. The molecular weight excluding hydrogens is 526 g/mol. The van der Waals surface area contributed by atoms with Crippen LogP contribution in [0.15, 0.2) is 78.2 Å². The molecule has 0 radical (unpaired) electrons. The van der Waals surface area contributed by atoms with Crippen molar-refractivity contribution in [1.29, 1.82) is 0 Å². The molecule has 0 spiro atoms. The summed E-state index contributed by atoms with van der Waals surface area (Å²) in [5, 5.41) is 4.38. The number of hydrogen-bond acceptors (Lipinski definition) is 7. The lowest BCUT2D eigenvalue weighted by molar-refractivity contribution is 0.0746. The maximum atomic E-state index is 13.2. The lowest BCUT2D eigenvalue weighted by Crippen LogP contribution is -2.49. The monoisotopic (exact) mass is 551 g/mol. The van der Waals surface area contributed by atoms with Crippen LogP contribution in [0.2, 0.25) is 0 Å². The van der Waals surface area contributed by atoms with Crippen molar-refractivity contribution < 1.29 is 14.4 Å². The van der Waals surface area contributed by atoms with Gasteiger partial charge in [-0.2, -0.15) is 0 Å². The van der Waals surface area contributed by atoms with Crippen molar-refractivity contribution in [3.8, 4) is 11.5 Å². The first-order valence-electron chi connectivity index (χ1n) is 12.7. The minimum atomic E-state index is -0.596. The molecule has 5 aromatic rings. The highest BCUT2D eigenvalue weighted by molar-refractivity contribution is 7.12. The van der Waals surface area contributed by atoms with Gasteiger partial charge >= 0.3 is 0 Å². The molecular formula is C29H25N7O3S. The lowest BCUT2D eigenvalue weighted by Gasteiger charge is -2.35. The predicted molar refractivity (Wildman–Crippen MR) is 155 cm³/mol. The van der Waals surface area contributed by atoms with Crippen molar-refractivity contribution in [2.24, 2.45) is 5.73 Å². The number of fused-ring (bicyclic) bond motifs is 1. The largest absolute Gasteiger partial charge is 0.365 e. The molecule has 0 bridgehead atoms. The van der Waals surface area contributed by atoms with E-state index >= 15 is 0 Å². The molecule has 40 heavy (non-hydrogen) atoms. The van der Waals surface area contributed by atoms with Gasteiger partial charge in [0.25, 0.3) is 17.7 Å². The first-order valence-corrected chi connectivity index (χ1v) is 13.6. The summed E-state index contributed by atoms with van der Waals surface area (Å²) in [5.74, 6) is 0.486. The molecule has 4 N–H and O–H groups in total. The van der Waals surface area contributed by atoms with Crippen LogP contribution in [0.25, 0.3) is 22.6 Å². The molecule has 200 valence electrons. The number of aromatic amines is 1. The number of nitrogens with one attached hydrogen (secondary N) is 2. The van der Waals surface area contributed by atoms with Crippen molar-refractivity contribution in [2.45, 2.75) is 0 Å². The number of benzene rings is 2. The normalized spacial score (nSPS) is 13.4. The van der Waals surface area contributed by atoms with Gasteiger partial charge in [0, 0.05) is 37.3 Å². The summed E-state index contributed by atoms with van der Waals surface area (Å²) >= 11 is 1.16.